The number of carbonyl (C=O) groups excluding carboxylic acids is 1. The maximum absolute atomic E-state index is 11.1. The summed E-state index contributed by atoms with van der Waals surface area (Å²) in [6, 6.07) is 0. The first-order valence-corrected chi connectivity index (χ1v) is 23.8. The Kier molecular flexibility index (Phi) is 32.5. The number of nitrogens with zero attached hydrogens (tertiary/aromatic N) is 1. The van der Waals surface area contributed by atoms with Gasteiger partial charge >= 0.3 is 0 Å². The molecule has 0 aromatic carbocycles. The van der Waals surface area contributed by atoms with Gasteiger partial charge in [0.25, 0.3) is 0 Å². The molecule has 0 aliphatic carbocycles. The minimum atomic E-state index is -1.30. The molecule has 3 unspecified atom stereocenters. The average molecular weight is 1230 g/mol. The molecular weight excluding hydrogens is 1180 g/mol. The van der Waals surface area contributed by atoms with E-state index in [4.69, 9.17) is 0 Å². The first-order chi connectivity index (χ1) is 19.1. The second-order valence-corrected chi connectivity index (χ2v) is 24.0. The first-order valence-electron chi connectivity index (χ1n) is 14.5. The fourth-order valence-corrected chi connectivity index (χ4v) is 8.47. The van der Waals surface area contributed by atoms with Crippen molar-refractivity contribution in [1.82, 2.24) is 0 Å². The van der Waals surface area contributed by atoms with Crippen LogP contribution in [0.3, 0.4) is 0 Å². The fourth-order valence-electron chi connectivity index (χ4n) is 4.48. The summed E-state index contributed by atoms with van der Waals surface area (Å²) in [5.41, 5.74) is 0. The van der Waals surface area contributed by atoms with Crippen LogP contribution in [0, 0.1) is 0 Å². The molecule has 0 spiro atoms. The van der Waals surface area contributed by atoms with Gasteiger partial charge in [0.2, 0.25) is 0 Å². The first kappa shape index (κ1) is 47.3. The summed E-state index contributed by atoms with van der Waals surface area (Å²) in [5.74, 6) is -1.19. The van der Waals surface area contributed by atoms with Crippen LogP contribution in [0.2, 0.25) is 0 Å². The topological polar surface area (TPSA) is 40.1 Å². The van der Waals surface area contributed by atoms with Crippen LogP contribution < -0.4 is 5.11 Å². The van der Waals surface area contributed by atoms with E-state index in [9.17, 15) is 9.90 Å². The van der Waals surface area contributed by atoms with Crippen LogP contribution in [-0.2, 0) is 4.79 Å². The molecule has 0 N–H and O–H groups in total. The molecule has 0 amide bonds. The Hall–Kier alpha value is 4.23. The van der Waals surface area contributed by atoms with Crippen molar-refractivity contribution in [3.05, 3.63) is 0 Å². The van der Waals surface area contributed by atoms with Crippen LogP contribution in [-0.4, -0.2) is 74.1 Å². The third-order valence-electron chi connectivity index (χ3n) is 6.73. The second-order valence-electron chi connectivity index (χ2n) is 11.0. The maximum atomic E-state index is 11.1. The third kappa shape index (κ3) is 24.9. The third-order valence-corrected chi connectivity index (χ3v) is 19.6. The van der Waals surface area contributed by atoms with Crippen molar-refractivity contribution in [3.8, 4) is 0 Å². The molecule has 0 saturated heterocycles. The van der Waals surface area contributed by atoms with Crippen molar-refractivity contribution in [2.24, 2.45) is 0 Å². The lowest BCUT2D eigenvalue weighted by atomic mass is 10.0. The predicted molar refractivity (Wildman–Crippen MR) is 217 cm³/mol. The van der Waals surface area contributed by atoms with E-state index >= 15 is 0 Å². The van der Waals surface area contributed by atoms with Crippen LogP contribution in [0.4, 0.5) is 0 Å². The molecule has 0 bridgehead atoms. The molecule has 41 heavy (non-hydrogen) atoms. The average Bonchev–Trinajstić information content (AvgIpc) is 2.90. The van der Waals surface area contributed by atoms with Gasteiger partial charge in [-0.15, -0.1) is 0 Å². The molecular formula is C28H49Br10NO2. The van der Waals surface area contributed by atoms with Crippen molar-refractivity contribution in [2.75, 3.05) is 42.7 Å². The fraction of sp³-hybridized carbons (Fsp3) is 0.964. The summed E-state index contributed by atoms with van der Waals surface area (Å²) < 4.78 is -1.00. The van der Waals surface area contributed by atoms with Crippen molar-refractivity contribution >= 4 is 165 Å². The number of hydrogen-bond donors (Lipinski definition) is 0. The van der Waals surface area contributed by atoms with E-state index in [-0.39, 0.29) is 0 Å². The molecule has 3 atom stereocenters. The monoisotopic (exact) mass is 1220 g/mol. The molecule has 248 valence electrons. The molecule has 3 nitrogen and oxygen atoms in total. The Bertz CT molecular complexity index is 612. The van der Waals surface area contributed by atoms with Crippen molar-refractivity contribution in [1.29, 1.82) is 0 Å². The van der Waals surface area contributed by atoms with E-state index in [2.05, 4.69) is 173 Å². The van der Waals surface area contributed by atoms with Crippen LogP contribution in [0.25, 0.3) is 0 Å². The smallest absolute Gasteiger partial charge is 0.144 e. The summed E-state index contributed by atoms with van der Waals surface area (Å²) in [5, 5.41) is 14.1. The summed E-state index contributed by atoms with van der Waals surface area (Å²) in [4.78, 5) is 12.7. The van der Waals surface area contributed by atoms with Gasteiger partial charge in [0, 0.05) is 16.0 Å². The van der Waals surface area contributed by atoms with Crippen LogP contribution in [0.5, 0.6) is 0 Å². The minimum Gasteiger partial charge on any atom is -0.548 e. The van der Waals surface area contributed by atoms with Gasteiger partial charge in [-0.3, -0.25) is 0 Å². The maximum Gasteiger partial charge on any atom is 0.144 e. The summed E-state index contributed by atoms with van der Waals surface area (Å²) in [6.07, 6.45) is 17.7. The van der Waals surface area contributed by atoms with Crippen LogP contribution >= 0.6 is 159 Å². The van der Waals surface area contributed by atoms with Gasteiger partial charge in [-0.1, -0.05) is 250 Å². The molecule has 0 heterocycles. The second kappa shape index (κ2) is 28.1. The van der Waals surface area contributed by atoms with E-state index in [1.54, 1.807) is 0 Å². The highest BCUT2D eigenvalue weighted by Gasteiger charge is 2.45. The Morgan fingerprint density at radius 2 is 0.927 bits per heavy atom. The number of rotatable bonds is 25. The minimum absolute atomic E-state index is 0.512. The SMILES string of the molecule is CCCCCCCCCCCCCCCC(Br)(Br)C(Br)(Br)C(=O)[O-].C[N+](CC(Br)CBr)(CC(Br)CBr)CC(Br)CBr. The molecule has 0 rings (SSSR count). The van der Waals surface area contributed by atoms with Gasteiger partial charge in [0.1, 0.15) is 6.47 Å². The Morgan fingerprint density at radius 3 is 1.20 bits per heavy atom. The molecule has 0 fully saturated rings. The van der Waals surface area contributed by atoms with Crippen molar-refractivity contribution < 1.29 is 14.4 Å². The molecule has 0 aromatic heterocycles. The van der Waals surface area contributed by atoms with E-state index in [0.29, 0.717) is 20.9 Å². The number of carboxylic acids is 1. The van der Waals surface area contributed by atoms with Gasteiger partial charge in [0.15, 0.2) is 0 Å². The molecule has 0 aromatic rings. The summed E-state index contributed by atoms with van der Waals surface area (Å²) in [6.45, 7) is 5.62. The summed E-state index contributed by atoms with van der Waals surface area (Å²) in [7, 11) is 2.32. The Morgan fingerprint density at radius 1 is 0.634 bits per heavy atom. The largest absolute Gasteiger partial charge is 0.548 e. The number of hydrogen-bond acceptors (Lipinski definition) is 2. The molecule has 0 radical (unpaired) electrons. The number of quaternary nitrogens is 1. The molecule has 0 saturated carbocycles. The molecule has 0 aliphatic heterocycles. The highest BCUT2D eigenvalue weighted by molar-refractivity contribution is 9.30. The van der Waals surface area contributed by atoms with E-state index < -0.39 is 12.4 Å². The number of halogens is 10. The lowest BCUT2D eigenvalue weighted by Gasteiger charge is -2.38. The van der Waals surface area contributed by atoms with Gasteiger partial charge in [0.05, 0.1) is 47.1 Å². The zero-order valence-electron chi connectivity index (χ0n) is 24.4. The number of alkyl halides is 10. The Balaban J connectivity index is 0. The number of unbranched alkanes of at least 4 members (excludes halogenated alkanes) is 12. The van der Waals surface area contributed by atoms with Gasteiger partial charge in [-0.2, -0.15) is 0 Å². The number of carboxylic acid groups (broad SMARTS) is 1. The highest BCUT2D eigenvalue weighted by Crippen LogP contribution is 2.51. The Labute approximate surface area is 335 Å². The standard InChI is InChI=1S/C18H32Br4O2.C10H18Br6N/c1-2-3-4-5-6-7-8-9-10-11-12-13-14-15-17(19,20)18(21,22)16(23)24;1-17(5-8(14)2-11,6-9(15)3-12)7-10(16)4-13/h2-15H2,1H3,(H,23,24);8-10H,2-7H2,1H3/q;+1/p-1. The zero-order chi connectivity index (χ0) is 32.0. The normalized spacial score (nSPS) is 15.9. The van der Waals surface area contributed by atoms with Gasteiger partial charge in [-0.05, 0) is 6.42 Å². The van der Waals surface area contributed by atoms with Crippen LogP contribution in [0.1, 0.15) is 96.8 Å². The van der Waals surface area contributed by atoms with Crippen molar-refractivity contribution in [2.45, 2.75) is 118 Å². The number of carbonyl (C=O) groups is 1. The van der Waals surface area contributed by atoms with Crippen LogP contribution in [0.15, 0.2) is 0 Å². The molecule has 13 heteroatoms. The van der Waals surface area contributed by atoms with Gasteiger partial charge < -0.3 is 14.4 Å². The number of aliphatic carboxylic acids is 1. The van der Waals surface area contributed by atoms with Crippen molar-refractivity contribution in [3.63, 3.8) is 0 Å². The van der Waals surface area contributed by atoms with E-state index in [1.165, 1.54) is 70.6 Å². The zero-order valence-corrected chi connectivity index (χ0v) is 40.3. The van der Waals surface area contributed by atoms with Gasteiger partial charge in [-0.25, -0.2) is 0 Å². The predicted octanol–water partition coefficient (Wildman–Crippen LogP) is 12.1. The summed E-state index contributed by atoms with van der Waals surface area (Å²) >= 11 is 35.0. The van der Waals surface area contributed by atoms with E-state index in [0.717, 1.165) is 52.9 Å². The van der Waals surface area contributed by atoms with E-state index in [1.807, 2.05) is 0 Å². The highest BCUT2D eigenvalue weighted by atomic mass is 79.9. The quantitative estimate of drug-likeness (QED) is 0.0519. The molecule has 0 aliphatic rings. The lowest BCUT2D eigenvalue weighted by molar-refractivity contribution is -0.907. The lowest BCUT2D eigenvalue weighted by Crippen LogP contribution is -2.54.